The lowest BCUT2D eigenvalue weighted by Crippen LogP contribution is -2.36. The van der Waals surface area contributed by atoms with Crippen LogP contribution in [0.3, 0.4) is 0 Å². The first kappa shape index (κ1) is 11.4. The summed E-state index contributed by atoms with van der Waals surface area (Å²) in [5, 5.41) is 0. The van der Waals surface area contributed by atoms with Crippen LogP contribution in [0.15, 0.2) is 18.2 Å². The zero-order valence-corrected chi connectivity index (χ0v) is 9.29. The van der Waals surface area contributed by atoms with Crippen LogP contribution in [0.25, 0.3) is 0 Å². The predicted octanol–water partition coefficient (Wildman–Crippen LogP) is 1.16. The maximum absolute atomic E-state index is 13.7. The summed E-state index contributed by atoms with van der Waals surface area (Å²) >= 11 is 0. The highest BCUT2D eigenvalue weighted by molar-refractivity contribution is 5.50. The summed E-state index contributed by atoms with van der Waals surface area (Å²) in [5.41, 5.74) is 7.26. The van der Waals surface area contributed by atoms with Crippen LogP contribution in [-0.2, 0) is 11.2 Å². The molecule has 1 heterocycles. The van der Waals surface area contributed by atoms with Crippen LogP contribution in [0.5, 0.6) is 0 Å². The van der Waals surface area contributed by atoms with Crippen LogP contribution in [0.4, 0.5) is 10.1 Å². The second-order valence-corrected chi connectivity index (χ2v) is 3.92. The molecule has 0 atom stereocenters. The number of hydrogen-bond donors (Lipinski definition) is 1. The Morgan fingerprint density at radius 3 is 2.75 bits per heavy atom. The van der Waals surface area contributed by atoms with E-state index >= 15 is 0 Å². The van der Waals surface area contributed by atoms with E-state index in [0.29, 0.717) is 25.4 Å². The molecule has 0 saturated carbocycles. The number of morpholine rings is 1. The van der Waals surface area contributed by atoms with Crippen LogP contribution >= 0.6 is 0 Å². The largest absolute Gasteiger partial charge is 0.378 e. The van der Waals surface area contributed by atoms with Crippen molar-refractivity contribution in [1.82, 2.24) is 0 Å². The van der Waals surface area contributed by atoms with Crippen molar-refractivity contribution in [3.63, 3.8) is 0 Å². The smallest absolute Gasteiger partial charge is 0.146 e. The number of ether oxygens (including phenoxy) is 1. The van der Waals surface area contributed by atoms with Crippen molar-refractivity contribution in [1.29, 1.82) is 0 Å². The van der Waals surface area contributed by atoms with E-state index in [4.69, 9.17) is 10.5 Å². The number of nitrogens with two attached hydrogens (primary N) is 1. The van der Waals surface area contributed by atoms with Crippen LogP contribution < -0.4 is 10.6 Å². The molecule has 1 fully saturated rings. The van der Waals surface area contributed by atoms with Gasteiger partial charge in [-0.2, -0.15) is 0 Å². The van der Waals surface area contributed by atoms with Crippen molar-refractivity contribution in [3.05, 3.63) is 29.6 Å². The molecule has 0 unspecified atom stereocenters. The molecule has 0 bridgehead atoms. The van der Waals surface area contributed by atoms with E-state index in [0.717, 1.165) is 25.1 Å². The normalized spacial score (nSPS) is 16.5. The molecule has 1 aromatic rings. The van der Waals surface area contributed by atoms with Crippen molar-refractivity contribution < 1.29 is 9.13 Å². The number of benzene rings is 1. The van der Waals surface area contributed by atoms with E-state index in [9.17, 15) is 4.39 Å². The minimum Gasteiger partial charge on any atom is -0.378 e. The lowest BCUT2D eigenvalue weighted by atomic mass is 10.1. The third-order valence-electron chi connectivity index (χ3n) is 2.80. The predicted molar refractivity (Wildman–Crippen MR) is 62.2 cm³/mol. The molecule has 1 saturated heterocycles. The van der Waals surface area contributed by atoms with Gasteiger partial charge < -0.3 is 15.4 Å². The Morgan fingerprint density at radius 2 is 2.06 bits per heavy atom. The Balaban J connectivity index is 2.19. The quantitative estimate of drug-likeness (QED) is 0.837. The molecule has 0 spiro atoms. The summed E-state index contributed by atoms with van der Waals surface area (Å²) < 4.78 is 18.9. The fourth-order valence-corrected chi connectivity index (χ4v) is 1.93. The topological polar surface area (TPSA) is 38.5 Å². The van der Waals surface area contributed by atoms with E-state index < -0.39 is 0 Å². The monoisotopic (exact) mass is 224 g/mol. The minimum atomic E-state index is -0.164. The summed E-state index contributed by atoms with van der Waals surface area (Å²) in [6.07, 6.45) is 0.789. The molecular weight excluding hydrogens is 207 g/mol. The Bertz CT molecular complexity index is 351. The molecule has 2 rings (SSSR count). The first-order valence-corrected chi connectivity index (χ1v) is 5.62. The van der Waals surface area contributed by atoms with Gasteiger partial charge in [0.1, 0.15) is 5.82 Å². The lowest BCUT2D eigenvalue weighted by Gasteiger charge is -2.29. The first-order valence-electron chi connectivity index (χ1n) is 5.62. The molecule has 0 amide bonds. The van der Waals surface area contributed by atoms with Gasteiger partial charge in [0.05, 0.1) is 18.9 Å². The Labute approximate surface area is 95.0 Å². The van der Waals surface area contributed by atoms with E-state index in [1.54, 1.807) is 6.07 Å². The van der Waals surface area contributed by atoms with Crippen molar-refractivity contribution >= 4 is 5.69 Å². The fraction of sp³-hybridized carbons (Fsp3) is 0.500. The molecule has 0 radical (unpaired) electrons. The number of halogens is 1. The highest BCUT2D eigenvalue weighted by Crippen LogP contribution is 2.22. The van der Waals surface area contributed by atoms with Gasteiger partial charge in [-0.05, 0) is 30.7 Å². The first-order chi connectivity index (χ1) is 7.81. The van der Waals surface area contributed by atoms with Gasteiger partial charge in [0.2, 0.25) is 0 Å². The van der Waals surface area contributed by atoms with Gasteiger partial charge in [-0.15, -0.1) is 0 Å². The number of rotatable bonds is 3. The molecule has 16 heavy (non-hydrogen) atoms. The van der Waals surface area contributed by atoms with Crippen LogP contribution in [-0.4, -0.2) is 32.8 Å². The van der Waals surface area contributed by atoms with Crippen molar-refractivity contribution in [3.8, 4) is 0 Å². The van der Waals surface area contributed by atoms with Crippen LogP contribution in [0.2, 0.25) is 0 Å². The van der Waals surface area contributed by atoms with Gasteiger partial charge >= 0.3 is 0 Å². The summed E-state index contributed by atoms with van der Waals surface area (Å²) in [6, 6.07) is 5.22. The third kappa shape index (κ3) is 2.51. The maximum Gasteiger partial charge on any atom is 0.146 e. The molecule has 0 aromatic heterocycles. The van der Waals surface area contributed by atoms with E-state index in [1.807, 2.05) is 11.0 Å². The number of anilines is 1. The highest BCUT2D eigenvalue weighted by atomic mass is 19.1. The maximum atomic E-state index is 13.7. The molecule has 1 aliphatic heterocycles. The second kappa shape index (κ2) is 5.27. The van der Waals surface area contributed by atoms with Crippen molar-refractivity contribution in [2.45, 2.75) is 6.42 Å². The molecule has 1 aromatic carbocycles. The molecule has 0 aliphatic carbocycles. The summed E-state index contributed by atoms with van der Waals surface area (Å²) in [6.45, 7) is 3.43. The Kier molecular flexibility index (Phi) is 3.74. The Morgan fingerprint density at radius 1 is 1.31 bits per heavy atom. The van der Waals surface area contributed by atoms with E-state index in [-0.39, 0.29) is 5.82 Å². The molecule has 4 heteroatoms. The van der Waals surface area contributed by atoms with Crippen molar-refractivity contribution in [2.24, 2.45) is 5.73 Å². The Hall–Kier alpha value is -1.13. The molecule has 2 N–H and O–H groups in total. The number of hydrogen-bond acceptors (Lipinski definition) is 3. The summed E-state index contributed by atoms with van der Waals surface area (Å²) in [4.78, 5) is 2.03. The third-order valence-corrected chi connectivity index (χ3v) is 2.80. The van der Waals surface area contributed by atoms with Gasteiger partial charge in [-0.3, -0.25) is 0 Å². The molecule has 88 valence electrons. The zero-order valence-electron chi connectivity index (χ0n) is 9.29. The average molecular weight is 224 g/mol. The molecular formula is C12H17FN2O. The van der Waals surface area contributed by atoms with Crippen molar-refractivity contribution in [2.75, 3.05) is 37.7 Å². The van der Waals surface area contributed by atoms with E-state index in [2.05, 4.69) is 0 Å². The summed E-state index contributed by atoms with van der Waals surface area (Å²) in [7, 11) is 0. The average Bonchev–Trinajstić information content (AvgIpc) is 2.33. The summed E-state index contributed by atoms with van der Waals surface area (Å²) in [5.74, 6) is -0.164. The minimum absolute atomic E-state index is 0.164. The number of nitrogens with zero attached hydrogens (tertiary/aromatic N) is 1. The van der Waals surface area contributed by atoms with Crippen LogP contribution in [0, 0.1) is 5.82 Å². The second-order valence-electron chi connectivity index (χ2n) is 3.92. The van der Waals surface area contributed by atoms with Gasteiger partial charge in [0.15, 0.2) is 0 Å². The fourth-order valence-electron chi connectivity index (χ4n) is 1.93. The van der Waals surface area contributed by atoms with Gasteiger partial charge in [0, 0.05) is 13.1 Å². The molecule has 3 nitrogen and oxygen atoms in total. The van der Waals surface area contributed by atoms with Crippen LogP contribution in [0.1, 0.15) is 5.56 Å². The standard InChI is InChI=1S/C12H17FN2O/c13-11-2-1-10(3-4-14)9-12(11)15-5-7-16-8-6-15/h1-2,9H,3-8,14H2. The molecule has 1 aliphatic rings. The van der Waals surface area contributed by atoms with Gasteiger partial charge in [-0.1, -0.05) is 6.07 Å². The highest BCUT2D eigenvalue weighted by Gasteiger charge is 2.15. The SMILES string of the molecule is NCCc1ccc(F)c(N2CCOCC2)c1. The van der Waals surface area contributed by atoms with E-state index in [1.165, 1.54) is 6.07 Å². The van der Waals surface area contributed by atoms with Gasteiger partial charge in [-0.25, -0.2) is 4.39 Å². The van der Waals surface area contributed by atoms with Gasteiger partial charge in [0.25, 0.3) is 0 Å². The lowest BCUT2D eigenvalue weighted by molar-refractivity contribution is 0.122. The zero-order chi connectivity index (χ0) is 11.4.